The van der Waals surface area contributed by atoms with Gasteiger partial charge in [0.2, 0.25) is 5.91 Å². The third-order valence-corrected chi connectivity index (χ3v) is 8.98. The molecular formula is C26H33F3N6O2S. The second kappa shape index (κ2) is 10.8. The fourth-order valence-electron chi connectivity index (χ4n) is 5.52. The van der Waals surface area contributed by atoms with Crippen molar-refractivity contribution in [2.45, 2.75) is 69.3 Å². The number of aryl methyl sites for hydroxylation is 2. The van der Waals surface area contributed by atoms with Crippen molar-refractivity contribution in [3.63, 3.8) is 0 Å². The molecular weight excluding hydrogens is 517 g/mol. The number of carbonyl (C=O) groups excluding carboxylic acids is 1. The average Bonchev–Trinajstić information content (AvgIpc) is 3.48. The number of aliphatic hydroxyl groups excluding tert-OH is 1. The molecule has 1 aliphatic heterocycles. The molecule has 1 atom stereocenters. The molecule has 12 heteroatoms. The maximum absolute atomic E-state index is 13.0. The molecule has 1 saturated carbocycles. The van der Waals surface area contributed by atoms with Crippen LogP contribution in [0.25, 0.3) is 10.9 Å². The minimum absolute atomic E-state index is 0.0473. The summed E-state index contributed by atoms with van der Waals surface area (Å²) in [7, 11) is 1.67. The van der Waals surface area contributed by atoms with Gasteiger partial charge in [0.05, 0.1) is 23.1 Å². The van der Waals surface area contributed by atoms with Gasteiger partial charge in [0.15, 0.2) is 11.9 Å². The summed E-state index contributed by atoms with van der Waals surface area (Å²) in [5, 5.41) is 21.5. The average molecular weight is 551 g/mol. The highest BCUT2D eigenvalue weighted by Gasteiger charge is 2.39. The number of hydrogen-bond acceptors (Lipinski definition) is 7. The maximum Gasteiger partial charge on any atom is 0.418 e. The number of aliphatic hydroxyl groups is 1. The molecule has 3 N–H and O–H groups in total. The van der Waals surface area contributed by atoms with E-state index in [0.717, 1.165) is 32.4 Å². The summed E-state index contributed by atoms with van der Waals surface area (Å²) in [6.07, 6.45) is 0.355. The van der Waals surface area contributed by atoms with Crippen LogP contribution >= 0.6 is 11.3 Å². The van der Waals surface area contributed by atoms with E-state index < -0.39 is 12.3 Å². The summed E-state index contributed by atoms with van der Waals surface area (Å²) in [6, 6.07) is 4.61. The van der Waals surface area contributed by atoms with Gasteiger partial charge in [0, 0.05) is 42.6 Å². The lowest BCUT2D eigenvalue weighted by atomic mass is 9.83. The summed E-state index contributed by atoms with van der Waals surface area (Å²) >= 11 is 1.84. The van der Waals surface area contributed by atoms with E-state index in [1.54, 1.807) is 7.05 Å². The minimum atomic E-state index is -4.76. The van der Waals surface area contributed by atoms with E-state index >= 15 is 0 Å². The quantitative estimate of drug-likeness (QED) is 0.391. The Bertz CT molecular complexity index is 1280. The zero-order valence-corrected chi connectivity index (χ0v) is 22.3. The number of thiazole rings is 1. The lowest BCUT2D eigenvalue weighted by Gasteiger charge is -2.46. The van der Waals surface area contributed by atoms with Crippen LogP contribution in [-0.2, 0) is 18.3 Å². The molecule has 2 aliphatic rings. The van der Waals surface area contributed by atoms with Crippen molar-refractivity contribution in [3.8, 4) is 0 Å². The van der Waals surface area contributed by atoms with E-state index in [0.29, 0.717) is 28.7 Å². The standard InChI is InChI=1S/C26H33F3N6O2S/c1-3-23-30-11-21(38-23)15-4-7-18(8-5-15)35-13-17(14-35)32-22(36)12-31-25-19-10-16(24(37)26(27,28)29)6-9-20(19)34(2)33-25/h6,9-11,15,17-18,24,37H,3-5,7-8,12-14H2,1-2H3,(H,31,33)(H,32,36). The molecule has 8 nitrogen and oxygen atoms in total. The van der Waals surface area contributed by atoms with Gasteiger partial charge in [-0.1, -0.05) is 13.0 Å². The van der Waals surface area contributed by atoms with Crippen LogP contribution in [-0.4, -0.2) is 68.6 Å². The monoisotopic (exact) mass is 550 g/mol. The first-order chi connectivity index (χ1) is 18.1. The topological polar surface area (TPSA) is 95.3 Å². The van der Waals surface area contributed by atoms with Crippen molar-refractivity contribution < 1.29 is 23.1 Å². The first-order valence-electron chi connectivity index (χ1n) is 13.1. The van der Waals surface area contributed by atoms with Gasteiger partial charge >= 0.3 is 6.18 Å². The SMILES string of the molecule is CCc1ncc(C2CCC(N3CC(NC(=O)CNc4nn(C)c5ccc(C(O)C(F)(F)F)cc45)C3)CC2)s1. The van der Waals surface area contributed by atoms with Crippen molar-refractivity contribution in [2.24, 2.45) is 7.05 Å². The van der Waals surface area contributed by atoms with E-state index in [-0.39, 0.29) is 24.1 Å². The van der Waals surface area contributed by atoms with Crippen molar-refractivity contribution in [1.29, 1.82) is 0 Å². The summed E-state index contributed by atoms with van der Waals surface area (Å²) in [6.45, 7) is 3.74. The Morgan fingerprint density at radius 2 is 1.97 bits per heavy atom. The second-order valence-electron chi connectivity index (χ2n) is 10.3. The minimum Gasteiger partial charge on any atom is -0.379 e. The maximum atomic E-state index is 13.0. The van der Waals surface area contributed by atoms with Crippen LogP contribution in [0.1, 0.15) is 60.1 Å². The number of anilines is 1. The van der Waals surface area contributed by atoms with Crippen molar-refractivity contribution in [3.05, 3.63) is 39.8 Å². The molecule has 1 unspecified atom stereocenters. The summed E-state index contributed by atoms with van der Waals surface area (Å²) in [4.78, 5) is 20.9. The zero-order valence-electron chi connectivity index (χ0n) is 21.5. The number of hydrogen-bond donors (Lipinski definition) is 3. The number of nitrogens with zero attached hydrogens (tertiary/aromatic N) is 4. The molecule has 2 aromatic heterocycles. The van der Waals surface area contributed by atoms with Crippen LogP contribution in [0.15, 0.2) is 24.4 Å². The number of nitrogens with one attached hydrogen (secondary N) is 2. The van der Waals surface area contributed by atoms with Crippen molar-refractivity contribution in [1.82, 2.24) is 25.0 Å². The fraction of sp³-hybridized carbons (Fsp3) is 0.577. The fourth-order valence-corrected chi connectivity index (χ4v) is 6.55. The molecule has 206 valence electrons. The molecule has 3 heterocycles. The van der Waals surface area contributed by atoms with Crippen LogP contribution in [0.3, 0.4) is 0 Å². The Morgan fingerprint density at radius 3 is 2.63 bits per heavy atom. The second-order valence-corrected chi connectivity index (χ2v) is 11.4. The Hall–Kier alpha value is -2.70. The highest BCUT2D eigenvalue weighted by molar-refractivity contribution is 7.11. The Balaban J connectivity index is 1.08. The van der Waals surface area contributed by atoms with Gasteiger partial charge in [0.25, 0.3) is 0 Å². The third-order valence-electron chi connectivity index (χ3n) is 7.68. The largest absolute Gasteiger partial charge is 0.418 e. The predicted molar refractivity (Wildman–Crippen MR) is 140 cm³/mol. The molecule has 0 spiro atoms. The molecule has 5 rings (SSSR count). The van der Waals surface area contributed by atoms with Gasteiger partial charge in [-0.05, 0) is 55.7 Å². The smallest absolute Gasteiger partial charge is 0.379 e. The number of fused-ring (bicyclic) bond motifs is 1. The van der Waals surface area contributed by atoms with Crippen LogP contribution in [0.5, 0.6) is 0 Å². The molecule has 38 heavy (non-hydrogen) atoms. The highest BCUT2D eigenvalue weighted by atomic mass is 32.1. The molecule has 1 aliphatic carbocycles. The van der Waals surface area contributed by atoms with Crippen LogP contribution in [0.4, 0.5) is 19.0 Å². The molecule has 0 radical (unpaired) electrons. The Kier molecular flexibility index (Phi) is 7.65. The van der Waals surface area contributed by atoms with Crippen LogP contribution < -0.4 is 10.6 Å². The number of aromatic nitrogens is 3. The van der Waals surface area contributed by atoms with Crippen molar-refractivity contribution in [2.75, 3.05) is 25.0 Å². The Morgan fingerprint density at radius 1 is 1.24 bits per heavy atom. The van der Waals surface area contributed by atoms with E-state index in [9.17, 15) is 23.1 Å². The van der Waals surface area contributed by atoms with E-state index in [4.69, 9.17) is 0 Å². The number of benzene rings is 1. The number of rotatable bonds is 8. The molecule has 3 aromatic rings. The van der Waals surface area contributed by atoms with Gasteiger partial charge in [-0.2, -0.15) is 18.3 Å². The molecule has 2 fully saturated rings. The predicted octanol–water partition coefficient (Wildman–Crippen LogP) is 4.13. The highest BCUT2D eigenvalue weighted by Crippen LogP contribution is 2.38. The number of amides is 1. The summed E-state index contributed by atoms with van der Waals surface area (Å²) in [5.41, 5.74) is 0.323. The molecule has 0 bridgehead atoms. The first kappa shape index (κ1) is 26.9. The number of halogens is 3. The molecule has 1 aromatic carbocycles. The zero-order chi connectivity index (χ0) is 27.0. The van der Waals surface area contributed by atoms with Crippen molar-refractivity contribution >= 4 is 34.0 Å². The van der Waals surface area contributed by atoms with E-state index in [2.05, 4.69) is 38.7 Å². The number of alkyl halides is 3. The number of carbonyl (C=O) groups is 1. The summed E-state index contributed by atoms with van der Waals surface area (Å²) < 4.78 is 40.4. The van der Waals surface area contributed by atoms with Gasteiger partial charge in [-0.15, -0.1) is 11.3 Å². The normalized spacial score (nSPS) is 21.8. The molecule has 1 saturated heterocycles. The lowest BCUT2D eigenvalue weighted by molar-refractivity contribution is -0.206. The summed E-state index contributed by atoms with van der Waals surface area (Å²) in [5.74, 6) is 0.718. The first-order valence-corrected chi connectivity index (χ1v) is 13.9. The van der Waals surface area contributed by atoms with Gasteiger partial charge < -0.3 is 15.7 Å². The third kappa shape index (κ3) is 5.67. The molecule has 1 amide bonds. The van der Waals surface area contributed by atoms with Gasteiger partial charge in [-0.25, -0.2) is 4.98 Å². The van der Waals surface area contributed by atoms with Gasteiger partial charge in [-0.3, -0.25) is 14.4 Å². The van der Waals surface area contributed by atoms with Crippen LogP contribution in [0, 0.1) is 0 Å². The lowest BCUT2D eigenvalue weighted by Crippen LogP contribution is -2.62. The Labute approximate surface area is 223 Å². The van der Waals surface area contributed by atoms with E-state index in [1.165, 1.54) is 45.6 Å². The number of likely N-dealkylation sites (tertiary alicyclic amines) is 1. The van der Waals surface area contributed by atoms with Crippen LogP contribution in [0.2, 0.25) is 0 Å². The van der Waals surface area contributed by atoms with E-state index in [1.807, 2.05) is 11.3 Å². The van der Waals surface area contributed by atoms with Gasteiger partial charge in [0.1, 0.15) is 0 Å².